The van der Waals surface area contributed by atoms with Gasteiger partial charge in [-0.3, -0.25) is 4.79 Å². The molecule has 0 aliphatic carbocycles. The predicted octanol–water partition coefficient (Wildman–Crippen LogP) is 1.32. The van der Waals surface area contributed by atoms with E-state index in [1.165, 1.54) is 18.2 Å². The zero-order valence-corrected chi connectivity index (χ0v) is 11.9. The van der Waals surface area contributed by atoms with E-state index < -0.39 is 15.6 Å². The van der Waals surface area contributed by atoms with Crippen LogP contribution in [0.1, 0.15) is 12.8 Å². The van der Waals surface area contributed by atoms with Gasteiger partial charge < -0.3 is 10.6 Å². The van der Waals surface area contributed by atoms with Crippen molar-refractivity contribution >= 4 is 33.0 Å². The molecule has 1 aromatic rings. The van der Waals surface area contributed by atoms with Crippen LogP contribution >= 0.6 is 11.6 Å². The predicted molar refractivity (Wildman–Crippen MR) is 73.7 cm³/mol. The summed E-state index contributed by atoms with van der Waals surface area (Å²) in [6.07, 6.45) is 1.85. The van der Waals surface area contributed by atoms with E-state index in [4.69, 9.17) is 17.3 Å². The van der Waals surface area contributed by atoms with Crippen molar-refractivity contribution in [2.75, 3.05) is 24.6 Å². The Morgan fingerprint density at radius 1 is 1.32 bits per heavy atom. The van der Waals surface area contributed by atoms with Crippen LogP contribution in [0.25, 0.3) is 0 Å². The van der Waals surface area contributed by atoms with E-state index in [9.17, 15) is 13.2 Å². The molecule has 0 unspecified atom stereocenters. The van der Waals surface area contributed by atoms with Crippen LogP contribution in [0.3, 0.4) is 0 Å². The first-order valence-corrected chi connectivity index (χ1v) is 7.99. The summed E-state index contributed by atoms with van der Waals surface area (Å²) in [5.74, 6) is -0.915. The lowest BCUT2D eigenvalue weighted by atomic mass is 10.3. The summed E-state index contributed by atoms with van der Waals surface area (Å²) in [7, 11) is -3.72. The number of nitrogens with two attached hydrogens (primary N) is 1. The van der Waals surface area contributed by atoms with Crippen LogP contribution in [0, 0.1) is 0 Å². The van der Waals surface area contributed by atoms with Gasteiger partial charge in [-0.1, -0.05) is 11.6 Å². The number of carbonyl (C=O) groups excluding carboxylic acids is 1. The molecule has 0 radical (unpaired) electrons. The first-order chi connectivity index (χ1) is 8.90. The van der Waals surface area contributed by atoms with Crippen molar-refractivity contribution < 1.29 is 13.2 Å². The molecule has 1 amide bonds. The Morgan fingerprint density at radius 3 is 2.53 bits per heavy atom. The molecule has 19 heavy (non-hydrogen) atoms. The molecule has 2 N–H and O–H groups in total. The van der Waals surface area contributed by atoms with Crippen LogP contribution < -0.4 is 5.73 Å². The van der Waals surface area contributed by atoms with Gasteiger partial charge in [0.05, 0.1) is 9.92 Å². The van der Waals surface area contributed by atoms with Crippen molar-refractivity contribution in [2.45, 2.75) is 17.7 Å². The number of rotatable bonds is 3. The molecule has 1 fully saturated rings. The van der Waals surface area contributed by atoms with Crippen molar-refractivity contribution in [1.29, 1.82) is 0 Å². The summed E-state index contributed by atoms with van der Waals surface area (Å²) in [4.78, 5) is 13.4. The highest BCUT2D eigenvalue weighted by atomic mass is 35.5. The lowest BCUT2D eigenvalue weighted by Gasteiger charge is -2.15. The SMILES string of the molecule is Nc1ccc(S(=O)(=O)CC(=O)N2CCCC2)c(Cl)c1. The number of nitrogen functional groups attached to an aromatic ring is 1. The van der Waals surface area contributed by atoms with E-state index in [1.807, 2.05) is 0 Å². The molecule has 0 saturated carbocycles. The van der Waals surface area contributed by atoms with Crippen molar-refractivity contribution in [1.82, 2.24) is 4.90 Å². The summed E-state index contributed by atoms with van der Waals surface area (Å²) in [5, 5.41) is 0.0502. The van der Waals surface area contributed by atoms with Crippen molar-refractivity contribution in [3.8, 4) is 0 Å². The Kier molecular flexibility index (Phi) is 4.01. The van der Waals surface area contributed by atoms with Crippen LogP contribution in [0.4, 0.5) is 5.69 Å². The maximum absolute atomic E-state index is 12.2. The van der Waals surface area contributed by atoms with Gasteiger partial charge in [0.2, 0.25) is 5.91 Å². The van der Waals surface area contributed by atoms with Gasteiger partial charge in [0.1, 0.15) is 5.75 Å². The highest BCUT2D eigenvalue weighted by Gasteiger charge is 2.26. The number of halogens is 1. The highest BCUT2D eigenvalue weighted by molar-refractivity contribution is 7.92. The molecule has 0 aromatic heterocycles. The van der Waals surface area contributed by atoms with Crippen LogP contribution in [0.15, 0.2) is 23.1 Å². The summed E-state index contributed by atoms with van der Waals surface area (Å²) in [5.41, 5.74) is 5.90. The molecule has 2 rings (SSSR count). The summed E-state index contributed by atoms with van der Waals surface area (Å²) >= 11 is 5.87. The Bertz CT molecular complexity index is 595. The smallest absolute Gasteiger partial charge is 0.238 e. The minimum absolute atomic E-state index is 0.0455. The Balaban J connectivity index is 2.20. The molecule has 1 saturated heterocycles. The number of hydrogen-bond acceptors (Lipinski definition) is 4. The third-order valence-corrected chi connectivity index (χ3v) is 5.14. The topological polar surface area (TPSA) is 80.5 Å². The average molecular weight is 303 g/mol. The number of amides is 1. The fourth-order valence-electron chi connectivity index (χ4n) is 2.07. The van der Waals surface area contributed by atoms with Gasteiger partial charge in [-0.25, -0.2) is 8.42 Å². The highest BCUT2D eigenvalue weighted by Crippen LogP contribution is 2.25. The number of anilines is 1. The molecule has 5 nitrogen and oxygen atoms in total. The number of sulfone groups is 1. The number of hydrogen-bond donors (Lipinski definition) is 1. The zero-order valence-electron chi connectivity index (χ0n) is 10.3. The molecular weight excluding hydrogens is 288 g/mol. The maximum atomic E-state index is 12.2. The molecule has 7 heteroatoms. The third-order valence-electron chi connectivity index (χ3n) is 3.06. The summed E-state index contributed by atoms with van der Waals surface area (Å²) in [6.45, 7) is 1.26. The quantitative estimate of drug-likeness (QED) is 0.854. The average Bonchev–Trinajstić information content (AvgIpc) is 2.80. The Morgan fingerprint density at radius 2 is 1.95 bits per heavy atom. The largest absolute Gasteiger partial charge is 0.399 e. The van der Waals surface area contributed by atoms with Gasteiger partial charge in [0.15, 0.2) is 9.84 Å². The second-order valence-corrected chi connectivity index (χ2v) is 6.90. The fourth-order valence-corrected chi connectivity index (χ4v) is 3.90. The Hall–Kier alpha value is -1.27. The second kappa shape index (κ2) is 5.38. The number of benzene rings is 1. The van der Waals surface area contributed by atoms with E-state index in [0.717, 1.165) is 12.8 Å². The molecular formula is C12H15ClN2O3S. The molecule has 1 heterocycles. The van der Waals surface area contributed by atoms with Crippen molar-refractivity contribution in [3.63, 3.8) is 0 Å². The number of carbonyl (C=O) groups is 1. The zero-order chi connectivity index (χ0) is 14.0. The summed E-state index contributed by atoms with van der Waals surface area (Å²) < 4.78 is 24.3. The van der Waals surface area contributed by atoms with E-state index in [2.05, 4.69) is 0 Å². The summed E-state index contributed by atoms with van der Waals surface area (Å²) in [6, 6.07) is 4.16. The van der Waals surface area contributed by atoms with Crippen LogP contribution in [0.5, 0.6) is 0 Å². The van der Waals surface area contributed by atoms with E-state index in [1.54, 1.807) is 4.90 Å². The third kappa shape index (κ3) is 3.19. The molecule has 1 aromatic carbocycles. The fraction of sp³-hybridized carbons (Fsp3) is 0.417. The molecule has 1 aliphatic heterocycles. The van der Waals surface area contributed by atoms with Crippen molar-refractivity contribution in [3.05, 3.63) is 23.2 Å². The maximum Gasteiger partial charge on any atom is 0.238 e. The molecule has 0 atom stereocenters. The van der Waals surface area contributed by atoms with Crippen LogP contribution in [0.2, 0.25) is 5.02 Å². The monoisotopic (exact) mass is 302 g/mol. The molecule has 1 aliphatic rings. The first-order valence-electron chi connectivity index (χ1n) is 5.96. The van der Waals surface area contributed by atoms with Crippen LogP contribution in [-0.2, 0) is 14.6 Å². The Labute approximate surface area is 117 Å². The number of likely N-dealkylation sites (tertiary alicyclic amines) is 1. The second-order valence-electron chi connectivity index (χ2n) is 4.54. The minimum Gasteiger partial charge on any atom is -0.399 e. The molecule has 0 spiro atoms. The normalized spacial score (nSPS) is 15.7. The lowest BCUT2D eigenvalue weighted by molar-refractivity contribution is -0.127. The molecule has 104 valence electrons. The van der Waals surface area contributed by atoms with E-state index in [-0.39, 0.29) is 15.8 Å². The first kappa shape index (κ1) is 14.1. The molecule has 0 bridgehead atoms. The van der Waals surface area contributed by atoms with Gasteiger partial charge >= 0.3 is 0 Å². The lowest BCUT2D eigenvalue weighted by Crippen LogP contribution is -2.33. The number of nitrogens with zero attached hydrogens (tertiary/aromatic N) is 1. The van der Waals surface area contributed by atoms with Gasteiger partial charge in [-0.2, -0.15) is 0 Å². The van der Waals surface area contributed by atoms with Crippen LogP contribution in [-0.4, -0.2) is 38.1 Å². The van der Waals surface area contributed by atoms with Gasteiger partial charge in [-0.15, -0.1) is 0 Å². The standard InChI is InChI=1S/C12H15ClN2O3S/c13-10-7-9(14)3-4-11(10)19(17,18)8-12(16)15-5-1-2-6-15/h3-4,7H,1-2,5-6,8,14H2. The van der Waals surface area contributed by atoms with E-state index in [0.29, 0.717) is 18.8 Å². The van der Waals surface area contributed by atoms with Gasteiger partial charge in [0, 0.05) is 18.8 Å². The van der Waals surface area contributed by atoms with Crippen molar-refractivity contribution in [2.24, 2.45) is 0 Å². The van der Waals surface area contributed by atoms with Gasteiger partial charge in [0.25, 0.3) is 0 Å². The van der Waals surface area contributed by atoms with Gasteiger partial charge in [-0.05, 0) is 31.0 Å². The minimum atomic E-state index is -3.72. The van der Waals surface area contributed by atoms with E-state index >= 15 is 0 Å².